The molecule has 3 N–H and O–H groups in total. The van der Waals surface area contributed by atoms with Gasteiger partial charge in [0.15, 0.2) is 6.61 Å². The van der Waals surface area contributed by atoms with Crippen LogP contribution in [0.2, 0.25) is 5.02 Å². The van der Waals surface area contributed by atoms with E-state index in [9.17, 15) is 18.8 Å². The van der Waals surface area contributed by atoms with Crippen molar-refractivity contribution in [3.63, 3.8) is 0 Å². The molecule has 32 heavy (non-hydrogen) atoms. The van der Waals surface area contributed by atoms with E-state index in [4.69, 9.17) is 16.3 Å². The van der Waals surface area contributed by atoms with Crippen LogP contribution in [0.5, 0.6) is 5.75 Å². The number of hydrogen-bond donors (Lipinski definition) is 3. The van der Waals surface area contributed by atoms with Gasteiger partial charge in [-0.25, -0.2) is 4.39 Å². The molecule has 164 valence electrons. The molecular formula is C23H19ClFN3O4. The van der Waals surface area contributed by atoms with Crippen molar-refractivity contribution in [2.75, 3.05) is 22.6 Å². The summed E-state index contributed by atoms with van der Waals surface area (Å²) in [5, 5.41) is 7.90. The molecule has 0 heterocycles. The van der Waals surface area contributed by atoms with E-state index in [1.165, 1.54) is 43.3 Å². The Labute approximate surface area is 188 Å². The molecule has 0 aliphatic carbocycles. The highest BCUT2D eigenvalue weighted by Crippen LogP contribution is 2.27. The van der Waals surface area contributed by atoms with Crippen LogP contribution in [0, 0.1) is 5.82 Å². The second-order valence-electron chi connectivity index (χ2n) is 6.64. The zero-order chi connectivity index (χ0) is 23.1. The minimum atomic E-state index is -0.582. The molecule has 0 saturated carbocycles. The molecule has 0 fully saturated rings. The average molecular weight is 456 g/mol. The van der Waals surface area contributed by atoms with Gasteiger partial charge in [0, 0.05) is 12.6 Å². The fraction of sp³-hybridized carbons (Fsp3) is 0.0870. The first-order chi connectivity index (χ1) is 15.3. The molecule has 7 nitrogen and oxygen atoms in total. The number of anilines is 3. The highest BCUT2D eigenvalue weighted by Gasteiger charge is 2.16. The summed E-state index contributed by atoms with van der Waals surface area (Å²) in [7, 11) is 0. The number of amides is 3. The van der Waals surface area contributed by atoms with Crippen LogP contribution in [-0.4, -0.2) is 24.3 Å². The normalized spacial score (nSPS) is 10.2. The Kier molecular flexibility index (Phi) is 7.41. The summed E-state index contributed by atoms with van der Waals surface area (Å²) in [6.45, 7) is 0.946. The first kappa shape index (κ1) is 22.8. The third kappa shape index (κ3) is 6.05. The Morgan fingerprint density at radius 1 is 0.906 bits per heavy atom. The van der Waals surface area contributed by atoms with E-state index in [0.29, 0.717) is 11.4 Å². The number of halogens is 2. The lowest BCUT2D eigenvalue weighted by atomic mass is 10.1. The number of carbonyl (C=O) groups is 3. The van der Waals surface area contributed by atoms with Crippen molar-refractivity contribution in [3.05, 3.63) is 83.1 Å². The Balaban J connectivity index is 1.67. The van der Waals surface area contributed by atoms with Gasteiger partial charge in [-0.05, 0) is 42.5 Å². The summed E-state index contributed by atoms with van der Waals surface area (Å²) in [6.07, 6.45) is 0. The van der Waals surface area contributed by atoms with Gasteiger partial charge in [-0.15, -0.1) is 0 Å². The molecule has 3 rings (SSSR count). The Morgan fingerprint density at radius 3 is 2.34 bits per heavy atom. The molecule has 3 aromatic rings. The van der Waals surface area contributed by atoms with E-state index < -0.39 is 24.2 Å². The molecular weight excluding hydrogens is 437 g/mol. The summed E-state index contributed by atoms with van der Waals surface area (Å²) in [4.78, 5) is 36.0. The summed E-state index contributed by atoms with van der Waals surface area (Å²) >= 11 is 6.20. The number of carbonyl (C=O) groups excluding carboxylic acids is 3. The molecule has 0 radical (unpaired) electrons. The minimum Gasteiger partial charge on any atom is -0.483 e. The van der Waals surface area contributed by atoms with Crippen LogP contribution in [0.1, 0.15) is 17.3 Å². The molecule has 0 spiro atoms. The Bertz CT molecular complexity index is 1170. The first-order valence-electron chi connectivity index (χ1n) is 9.48. The van der Waals surface area contributed by atoms with Crippen molar-refractivity contribution in [1.29, 1.82) is 0 Å². The molecule has 0 bridgehead atoms. The number of hydrogen-bond acceptors (Lipinski definition) is 4. The predicted molar refractivity (Wildman–Crippen MR) is 121 cm³/mol. The highest BCUT2D eigenvalue weighted by atomic mass is 35.5. The lowest BCUT2D eigenvalue weighted by molar-refractivity contribution is -0.118. The van der Waals surface area contributed by atoms with Crippen molar-refractivity contribution in [2.24, 2.45) is 0 Å². The molecule has 9 heteroatoms. The average Bonchev–Trinajstić information content (AvgIpc) is 2.75. The summed E-state index contributed by atoms with van der Waals surface area (Å²) in [6, 6.07) is 16.8. The number of nitrogens with one attached hydrogen (secondary N) is 3. The van der Waals surface area contributed by atoms with Gasteiger partial charge in [0.2, 0.25) is 5.91 Å². The third-order valence-corrected chi connectivity index (χ3v) is 4.49. The largest absolute Gasteiger partial charge is 0.483 e. The number of para-hydroxylation sites is 2. The zero-order valence-corrected chi connectivity index (χ0v) is 17.7. The highest BCUT2D eigenvalue weighted by molar-refractivity contribution is 6.34. The molecule has 3 amide bonds. The van der Waals surface area contributed by atoms with Crippen LogP contribution < -0.4 is 20.7 Å². The lowest BCUT2D eigenvalue weighted by Crippen LogP contribution is -2.22. The zero-order valence-electron chi connectivity index (χ0n) is 16.9. The number of ether oxygens (including phenoxy) is 1. The van der Waals surface area contributed by atoms with Crippen molar-refractivity contribution in [1.82, 2.24) is 0 Å². The predicted octanol–water partition coefficient (Wildman–Crippen LogP) is 4.71. The van der Waals surface area contributed by atoms with E-state index in [2.05, 4.69) is 16.0 Å². The van der Waals surface area contributed by atoms with E-state index >= 15 is 0 Å². The molecule has 0 aliphatic rings. The van der Waals surface area contributed by atoms with Gasteiger partial charge in [-0.3, -0.25) is 14.4 Å². The van der Waals surface area contributed by atoms with Gasteiger partial charge in [-0.2, -0.15) is 0 Å². The van der Waals surface area contributed by atoms with Crippen LogP contribution in [-0.2, 0) is 9.59 Å². The summed E-state index contributed by atoms with van der Waals surface area (Å²) in [5.41, 5.74) is 1.03. The van der Waals surface area contributed by atoms with E-state index in [-0.39, 0.29) is 27.9 Å². The van der Waals surface area contributed by atoms with Crippen molar-refractivity contribution in [2.45, 2.75) is 6.92 Å². The van der Waals surface area contributed by atoms with Crippen molar-refractivity contribution >= 4 is 46.4 Å². The second-order valence-corrected chi connectivity index (χ2v) is 7.05. The fourth-order valence-electron chi connectivity index (χ4n) is 2.76. The monoisotopic (exact) mass is 455 g/mol. The standard InChI is InChI=1S/C23H19ClFN3O4/c1-14(29)26-15-10-11-19(17(24)12-15)28-23(31)16-6-2-5-9-21(16)32-13-22(30)27-20-8-4-3-7-18(20)25/h2-12H,13H2,1H3,(H,26,29)(H,27,30)(H,28,31). The van der Waals surface area contributed by atoms with Gasteiger partial charge in [0.05, 0.1) is 22.0 Å². The quantitative estimate of drug-likeness (QED) is 0.480. The van der Waals surface area contributed by atoms with Gasteiger partial charge in [-0.1, -0.05) is 35.9 Å². The summed E-state index contributed by atoms with van der Waals surface area (Å²) in [5.74, 6) is -1.74. The van der Waals surface area contributed by atoms with E-state index in [1.807, 2.05) is 0 Å². The minimum absolute atomic E-state index is 0.0319. The van der Waals surface area contributed by atoms with Gasteiger partial charge < -0.3 is 20.7 Å². The fourth-order valence-corrected chi connectivity index (χ4v) is 2.99. The van der Waals surface area contributed by atoms with Crippen LogP contribution >= 0.6 is 11.6 Å². The van der Waals surface area contributed by atoms with Crippen LogP contribution in [0.4, 0.5) is 21.5 Å². The third-order valence-electron chi connectivity index (χ3n) is 4.18. The van der Waals surface area contributed by atoms with Gasteiger partial charge >= 0.3 is 0 Å². The maximum Gasteiger partial charge on any atom is 0.262 e. The van der Waals surface area contributed by atoms with Crippen molar-refractivity contribution in [3.8, 4) is 5.75 Å². The topological polar surface area (TPSA) is 96.5 Å². The molecule has 0 aromatic heterocycles. The molecule has 0 aliphatic heterocycles. The first-order valence-corrected chi connectivity index (χ1v) is 9.86. The number of benzene rings is 3. The van der Waals surface area contributed by atoms with Crippen LogP contribution in [0.15, 0.2) is 66.7 Å². The molecule has 0 unspecified atom stereocenters. The maximum absolute atomic E-state index is 13.7. The smallest absolute Gasteiger partial charge is 0.262 e. The molecule has 3 aromatic carbocycles. The Hall–Kier alpha value is -3.91. The van der Waals surface area contributed by atoms with Crippen molar-refractivity contribution < 1.29 is 23.5 Å². The number of rotatable bonds is 7. The molecule has 0 saturated heterocycles. The van der Waals surface area contributed by atoms with E-state index in [1.54, 1.807) is 30.3 Å². The van der Waals surface area contributed by atoms with E-state index in [0.717, 1.165) is 0 Å². The van der Waals surface area contributed by atoms with Crippen LogP contribution in [0.25, 0.3) is 0 Å². The molecule has 0 atom stereocenters. The summed E-state index contributed by atoms with van der Waals surface area (Å²) < 4.78 is 19.2. The van der Waals surface area contributed by atoms with Gasteiger partial charge in [0.1, 0.15) is 11.6 Å². The van der Waals surface area contributed by atoms with Gasteiger partial charge in [0.25, 0.3) is 11.8 Å². The van der Waals surface area contributed by atoms with Crippen LogP contribution in [0.3, 0.4) is 0 Å². The maximum atomic E-state index is 13.7. The lowest BCUT2D eigenvalue weighted by Gasteiger charge is -2.13. The second kappa shape index (κ2) is 10.4. The Morgan fingerprint density at radius 2 is 1.62 bits per heavy atom. The SMILES string of the molecule is CC(=O)Nc1ccc(NC(=O)c2ccccc2OCC(=O)Nc2ccccc2F)c(Cl)c1.